The van der Waals surface area contributed by atoms with E-state index in [0.717, 1.165) is 22.7 Å². The van der Waals surface area contributed by atoms with Crippen LogP contribution in [0.5, 0.6) is 0 Å². The van der Waals surface area contributed by atoms with Crippen molar-refractivity contribution in [3.8, 4) is 5.69 Å². The Labute approximate surface area is 128 Å². The summed E-state index contributed by atoms with van der Waals surface area (Å²) >= 11 is 0. The number of amides is 1. The predicted molar refractivity (Wildman–Crippen MR) is 82.9 cm³/mol. The number of hydrogen-bond donors (Lipinski definition) is 1. The van der Waals surface area contributed by atoms with Gasteiger partial charge in [-0.05, 0) is 50.2 Å². The maximum atomic E-state index is 12.2. The first-order chi connectivity index (χ1) is 10.6. The topological polar surface area (TPSA) is 60.1 Å². The van der Waals surface area contributed by atoms with E-state index in [0.29, 0.717) is 12.1 Å². The summed E-state index contributed by atoms with van der Waals surface area (Å²) in [5, 5.41) is 6.77. The van der Waals surface area contributed by atoms with Crippen LogP contribution in [0.4, 0.5) is 0 Å². The molecule has 3 aromatic rings. The van der Waals surface area contributed by atoms with Crippen LogP contribution in [0.3, 0.4) is 0 Å². The first-order valence-corrected chi connectivity index (χ1v) is 7.08. The van der Waals surface area contributed by atoms with Crippen LogP contribution in [0.25, 0.3) is 5.69 Å². The SMILES string of the molecule is Cc1noc(C)c1CNC(=O)c1ccc(-n2cccc2)cc1. The Morgan fingerprint density at radius 3 is 2.45 bits per heavy atom. The van der Waals surface area contributed by atoms with Gasteiger partial charge in [0.1, 0.15) is 5.76 Å². The molecule has 0 aliphatic heterocycles. The molecule has 2 aromatic heterocycles. The number of nitrogens with one attached hydrogen (secondary N) is 1. The number of hydrogen-bond acceptors (Lipinski definition) is 3. The van der Waals surface area contributed by atoms with E-state index in [-0.39, 0.29) is 5.91 Å². The Bertz CT molecular complexity index is 751. The van der Waals surface area contributed by atoms with Crippen molar-refractivity contribution in [2.45, 2.75) is 20.4 Å². The van der Waals surface area contributed by atoms with E-state index in [2.05, 4.69) is 10.5 Å². The van der Waals surface area contributed by atoms with Crippen LogP contribution in [0.1, 0.15) is 27.4 Å². The van der Waals surface area contributed by atoms with Crippen LogP contribution in [-0.2, 0) is 6.54 Å². The lowest BCUT2D eigenvalue weighted by atomic mass is 10.1. The molecule has 0 fully saturated rings. The number of nitrogens with zero attached hydrogens (tertiary/aromatic N) is 2. The maximum absolute atomic E-state index is 12.2. The van der Waals surface area contributed by atoms with Gasteiger partial charge in [0.25, 0.3) is 5.91 Å². The number of rotatable bonds is 4. The fourth-order valence-corrected chi connectivity index (χ4v) is 2.32. The summed E-state index contributed by atoms with van der Waals surface area (Å²) in [6, 6.07) is 11.4. The highest BCUT2D eigenvalue weighted by atomic mass is 16.5. The minimum atomic E-state index is -0.112. The highest BCUT2D eigenvalue weighted by Gasteiger charge is 2.11. The minimum absolute atomic E-state index is 0.112. The first-order valence-electron chi connectivity index (χ1n) is 7.08. The monoisotopic (exact) mass is 295 g/mol. The molecule has 5 nitrogen and oxygen atoms in total. The highest BCUT2D eigenvalue weighted by molar-refractivity contribution is 5.94. The second-order valence-electron chi connectivity index (χ2n) is 5.12. The Kier molecular flexibility index (Phi) is 3.78. The van der Waals surface area contributed by atoms with E-state index in [9.17, 15) is 4.79 Å². The lowest BCUT2D eigenvalue weighted by molar-refractivity contribution is 0.0951. The van der Waals surface area contributed by atoms with Crippen molar-refractivity contribution >= 4 is 5.91 Å². The van der Waals surface area contributed by atoms with E-state index >= 15 is 0 Å². The summed E-state index contributed by atoms with van der Waals surface area (Å²) in [6.45, 7) is 4.12. The molecule has 1 N–H and O–H groups in total. The van der Waals surface area contributed by atoms with Gasteiger partial charge in [-0.2, -0.15) is 0 Å². The summed E-state index contributed by atoms with van der Waals surface area (Å²) < 4.78 is 7.08. The third-order valence-electron chi connectivity index (χ3n) is 3.64. The molecule has 3 rings (SSSR count). The zero-order valence-electron chi connectivity index (χ0n) is 12.5. The van der Waals surface area contributed by atoms with Crippen LogP contribution >= 0.6 is 0 Å². The van der Waals surface area contributed by atoms with Crippen molar-refractivity contribution in [3.05, 3.63) is 71.4 Å². The summed E-state index contributed by atoms with van der Waals surface area (Å²) in [7, 11) is 0. The van der Waals surface area contributed by atoms with Gasteiger partial charge in [0, 0.05) is 35.8 Å². The molecule has 0 aliphatic carbocycles. The van der Waals surface area contributed by atoms with Gasteiger partial charge in [0.2, 0.25) is 0 Å². The quantitative estimate of drug-likeness (QED) is 0.805. The number of benzene rings is 1. The van der Waals surface area contributed by atoms with E-state index < -0.39 is 0 Å². The fraction of sp³-hybridized carbons (Fsp3) is 0.176. The Morgan fingerprint density at radius 1 is 1.18 bits per heavy atom. The van der Waals surface area contributed by atoms with Gasteiger partial charge in [-0.1, -0.05) is 5.16 Å². The number of aryl methyl sites for hydroxylation is 2. The second-order valence-corrected chi connectivity index (χ2v) is 5.12. The van der Waals surface area contributed by atoms with Crippen LogP contribution in [-0.4, -0.2) is 15.6 Å². The molecule has 5 heteroatoms. The van der Waals surface area contributed by atoms with Crippen molar-refractivity contribution in [2.24, 2.45) is 0 Å². The minimum Gasteiger partial charge on any atom is -0.361 e. The van der Waals surface area contributed by atoms with Crippen molar-refractivity contribution in [1.82, 2.24) is 15.0 Å². The predicted octanol–water partition coefficient (Wildman–Crippen LogP) is 3.01. The van der Waals surface area contributed by atoms with E-state index in [4.69, 9.17) is 4.52 Å². The fourth-order valence-electron chi connectivity index (χ4n) is 2.32. The lowest BCUT2D eigenvalue weighted by Gasteiger charge is -2.07. The maximum Gasteiger partial charge on any atom is 0.251 e. The van der Waals surface area contributed by atoms with E-state index in [1.807, 2.05) is 67.2 Å². The van der Waals surface area contributed by atoms with Gasteiger partial charge in [-0.3, -0.25) is 4.79 Å². The third kappa shape index (κ3) is 2.79. The van der Waals surface area contributed by atoms with Gasteiger partial charge in [0.05, 0.1) is 5.69 Å². The molecule has 0 saturated carbocycles. The van der Waals surface area contributed by atoms with Crippen molar-refractivity contribution in [3.63, 3.8) is 0 Å². The molecule has 0 spiro atoms. The van der Waals surface area contributed by atoms with Crippen molar-refractivity contribution < 1.29 is 9.32 Å². The molecular formula is C17H17N3O2. The number of carbonyl (C=O) groups is 1. The highest BCUT2D eigenvalue weighted by Crippen LogP contribution is 2.13. The first kappa shape index (κ1) is 14.1. The van der Waals surface area contributed by atoms with Gasteiger partial charge in [0.15, 0.2) is 0 Å². The average molecular weight is 295 g/mol. The smallest absolute Gasteiger partial charge is 0.251 e. The number of aromatic nitrogens is 2. The molecule has 1 amide bonds. The number of carbonyl (C=O) groups excluding carboxylic acids is 1. The Morgan fingerprint density at radius 2 is 1.86 bits per heavy atom. The summed E-state index contributed by atoms with van der Waals surface area (Å²) in [6.07, 6.45) is 3.93. The van der Waals surface area contributed by atoms with Crippen molar-refractivity contribution in [2.75, 3.05) is 0 Å². The van der Waals surface area contributed by atoms with Crippen LogP contribution < -0.4 is 5.32 Å². The Balaban J connectivity index is 1.68. The molecule has 22 heavy (non-hydrogen) atoms. The average Bonchev–Trinajstić information content (AvgIpc) is 3.17. The summed E-state index contributed by atoms with van der Waals surface area (Å²) in [5.41, 5.74) is 3.38. The molecule has 0 saturated heterocycles. The van der Waals surface area contributed by atoms with Crippen LogP contribution in [0.2, 0.25) is 0 Å². The van der Waals surface area contributed by atoms with Gasteiger partial charge >= 0.3 is 0 Å². The molecule has 112 valence electrons. The van der Waals surface area contributed by atoms with Gasteiger partial charge in [-0.15, -0.1) is 0 Å². The molecule has 2 heterocycles. The molecule has 0 unspecified atom stereocenters. The molecule has 1 aromatic carbocycles. The van der Waals surface area contributed by atoms with Crippen molar-refractivity contribution in [1.29, 1.82) is 0 Å². The summed E-state index contributed by atoms with van der Waals surface area (Å²) in [4.78, 5) is 12.2. The Hall–Kier alpha value is -2.82. The van der Waals surface area contributed by atoms with Crippen LogP contribution in [0, 0.1) is 13.8 Å². The molecule has 0 atom stereocenters. The molecule has 0 aliphatic rings. The normalized spacial score (nSPS) is 10.6. The van der Waals surface area contributed by atoms with E-state index in [1.54, 1.807) is 0 Å². The summed E-state index contributed by atoms with van der Waals surface area (Å²) in [5.74, 6) is 0.625. The standard InChI is InChI=1S/C17H17N3O2/c1-12-16(13(2)22-19-12)11-18-17(21)14-5-7-15(8-6-14)20-9-3-4-10-20/h3-10H,11H2,1-2H3,(H,18,21). The van der Waals surface area contributed by atoms with Gasteiger partial charge in [-0.25, -0.2) is 0 Å². The third-order valence-corrected chi connectivity index (χ3v) is 3.64. The molecule has 0 bridgehead atoms. The molecule has 0 radical (unpaired) electrons. The molecular weight excluding hydrogens is 278 g/mol. The second kappa shape index (κ2) is 5.89. The lowest BCUT2D eigenvalue weighted by Crippen LogP contribution is -2.23. The zero-order chi connectivity index (χ0) is 15.5. The van der Waals surface area contributed by atoms with Gasteiger partial charge < -0.3 is 14.4 Å². The largest absolute Gasteiger partial charge is 0.361 e. The van der Waals surface area contributed by atoms with E-state index in [1.165, 1.54) is 0 Å². The zero-order valence-corrected chi connectivity index (χ0v) is 12.5. The van der Waals surface area contributed by atoms with Crippen LogP contribution in [0.15, 0.2) is 53.3 Å².